The maximum atomic E-state index is 5.78. The first kappa shape index (κ1) is 20.7. The normalized spacial score (nSPS) is 19.6. The zero-order chi connectivity index (χ0) is 20.1. The second kappa shape index (κ2) is 9.93. The smallest absolute Gasteiger partial charge is 0.199 e. The number of likely N-dealkylation sites (tertiary alicyclic amines) is 1. The molecule has 8 heteroatoms. The highest BCUT2D eigenvalue weighted by atomic mass is 32.1. The van der Waals surface area contributed by atoms with Gasteiger partial charge in [0, 0.05) is 57.2 Å². The van der Waals surface area contributed by atoms with Gasteiger partial charge in [-0.05, 0) is 49.5 Å². The summed E-state index contributed by atoms with van der Waals surface area (Å²) in [5.41, 5.74) is 1.07. The van der Waals surface area contributed by atoms with E-state index >= 15 is 0 Å². The van der Waals surface area contributed by atoms with Crippen molar-refractivity contribution in [2.24, 2.45) is 5.92 Å². The minimum atomic E-state index is 0.776. The monoisotopic (exact) mass is 416 g/mol. The molecule has 0 N–H and O–H groups in total. The van der Waals surface area contributed by atoms with Gasteiger partial charge in [-0.3, -0.25) is 19.4 Å². The molecule has 2 aromatic rings. The van der Waals surface area contributed by atoms with Crippen LogP contribution in [0.4, 0.5) is 0 Å². The molecule has 2 fully saturated rings. The minimum absolute atomic E-state index is 0.776. The van der Waals surface area contributed by atoms with E-state index in [4.69, 9.17) is 22.1 Å². The standard InChI is InChI=1S/C21H32N6OS/c1-2-9-26-20(19-3-7-22-8-4-19)23-27(21(26)29)17-25-10-5-18(6-11-25)16-24-12-14-28-15-13-24/h3-4,7-8,18H,2,5-6,9-17H2,1H3. The lowest BCUT2D eigenvalue weighted by atomic mass is 9.96. The van der Waals surface area contributed by atoms with Crippen LogP contribution >= 0.6 is 12.2 Å². The van der Waals surface area contributed by atoms with E-state index in [1.54, 1.807) is 0 Å². The van der Waals surface area contributed by atoms with Crippen molar-refractivity contribution in [1.82, 2.24) is 29.1 Å². The van der Waals surface area contributed by atoms with Crippen LogP contribution in [-0.4, -0.2) is 75.1 Å². The summed E-state index contributed by atoms with van der Waals surface area (Å²) in [6.07, 6.45) is 7.15. The lowest BCUT2D eigenvalue weighted by Crippen LogP contribution is -2.43. The van der Waals surface area contributed by atoms with Gasteiger partial charge in [-0.2, -0.15) is 5.10 Å². The van der Waals surface area contributed by atoms with E-state index in [-0.39, 0.29) is 0 Å². The predicted molar refractivity (Wildman–Crippen MR) is 116 cm³/mol. The average molecular weight is 417 g/mol. The molecule has 4 heterocycles. The van der Waals surface area contributed by atoms with Crippen LogP contribution in [-0.2, 0) is 18.0 Å². The molecule has 0 atom stereocenters. The molecular weight excluding hydrogens is 384 g/mol. The molecule has 2 aliphatic rings. The summed E-state index contributed by atoms with van der Waals surface area (Å²) in [6.45, 7) is 11.2. The van der Waals surface area contributed by atoms with Gasteiger partial charge in [0.05, 0.1) is 19.9 Å². The number of aromatic nitrogens is 4. The van der Waals surface area contributed by atoms with Crippen LogP contribution in [0.2, 0.25) is 0 Å². The molecular formula is C21H32N6OS. The summed E-state index contributed by atoms with van der Waals surface area (Å²) in [5, 5.41) is 4.89. The van der Waals surface area contributed by atoms with Crippen molar-refractivity contribution in [1.29, 1.82) is 0 Å². The van der Waals surface area contributed by atoms with Gasteiger partial charge >= 0.3 is 0 Å². The van der Waals surface area contributed by atoms with E-state index in [9.17, 15) is 0 Å². The lowest BCUT2D eigenvalue weighted by molar-refractivity contribution is 0.0228. The number of morpholine rings is 1. The summed E-state index contributed by atoms with van der Waals surface area (Å²) < 4.78 is 10.4. The Kier molecular flexibility index (Phi) is 7.07. The third kappa shape index (κ3) is 5.12. The second-order valence-corrected chi connectivity index (χ2v) is 8.47. The van der Waals surface area contributed by atoms with E-state index in [2.05, 4.69) is 26.3 Å². The molecule has 0 amide bonds. The third-order valence-electron chi connectivity index (χ3n) is 5.97. The number of nitrogens with zero attached hydrogens (tertiary/aromatic N) is 6. The van der Waals surface area contributed by atoms with E-state index < -0.39 is 0 Å². The van der Waals surface area contributed by atoms with Gasteiger partial charge in [0.25, 0.3) is 0 Å². The number of ether oxygens (including phenoxy) is 1. The summed E-state index contributed by atoms with van der Waals surface area (Å²) in [4.78, 5) is 9.18. The topological polar surface area (TPSA) is 51.4 Å². The Hall–Kier alpha value is -1.61. The van der Waals surface area contributed by atoms with Gasteiger partial charge in [-0.1, -0.05) is 6.92 Å². The van der Waals surface area contributed by atoms with Crippen molar-refractivity contribution in [3.05, 3.63) is 29.3 Å². The number of hydrogen-bond acceptors (Lipinski definition) is 6. The van der Waals surface area contributed by atoms with Crippen LogP contribution in [0.1, 0.15) is 26.2 Å². The van der Waals surface area contributed by atoms with Crippen molar-refractivity contribution in [2.75, 3.05) is 45.9 Å². The Morgan fingerprint density at radius 3 is 2.48 bits per heavy atom. The van der Waals surface area contributed by atoms with E-state index in [0.717, 1.165) is 81.1 Å². The van der Waals surface area contributed by atoms with Crippen molar-refractivity contribution >= 4 is 12.2 Å². The minimum Gasteiger partial charge on any atom is -0.379 e. The van der Waals surface area contributed by atoms with Crippen molar-refractivity contribution in [2.45, 2.75) is 39.4 Å². The first-order valence-electron chi connectivity index (χ1n) is 10.8. The van der Waals surface area contributed by atoms with Crippen LogP contribution < -0.4 is 0 Å². The number of hydrogen-bond donors (Lipinski definition) is 0. The van der Waals surface area contributed by atoms with Crippen LogP contribution in [0, 0.1) is 10.7 Å². The Morgan fingerprint density at radius 2 is 1.79 bits per heavy atom. The average Bonchev–Trinajstić information content (AvgIpc) is 3.07. The highest BCUT2D eigenvalue weighted by molar-refractivity contribution is 7.71. The van der Waals surface area contributed by atoms with Gasteiger partial charge < -0.3 is 4.74 Å². The van der Waals surface area contributed by atoms with Crippen LogP contribution in [0.15, 0.2) is 24.5 Å². The molecule has 2 saturated heterocycles. The molecule has 0 radical (unpaired) electrons. The quantitative estimate of drug-likeness (QED) is 0.647. The molecule has 0 aromatic carbocycles. The molecule has 0 bridgehead atoms. The highest BCUT2D eigenvalue weighted by Crippen LogP contribution is 2.21. The fourth-order valence-corrected chi connectivity index (χ4v) is 4.60. The summed E-state index contributed by atoms with van der Waals surface area (Å²) in [6, 6.07) is 4.01. The maximum Gasteiger partial charge on any atom is 0.199 e. The van der Waals surface area contributed by atoms with Gasteiger partial charge in [0.2, 0.25) is 0 Å². The Bertz CT molecular complexity index is 821. The van der Waals surface area contributed by atoms with Gasteiger partial charge in [-0.25, -0.2) is 4.68 Å². The van der Waals surface area contributed by atoms with Gasteiger partial charge in [0.1, 0.15) is 0 Å². The van der Waals surface area contributed by atoms with E-state index in [1.165, 1.54) is 19.4 Å². The molecule has 0 saturated carbocycles. The molecule has 4 rings (SSSR count). The fraction of sp³-hybridized carbons (Fsp3) is 0.667. The third-order valence-corrected chi connectivity index (χ3v) is 6.40. The summed E-state index contributed by atoms with van der Waals surface area (Å²) in [7, 11) is 0. The Labute approximate surface area is 178 Å². The molecule has 0 spiro atoms. The van der Waals surface area contributed by atoms with Crippen molar-refractivity contribution < 1.29 is 4.74 Å². The summed E-state index contributed by atoms with van der Waals surface area (Å²) >= 11 is 5.78. The Balaban J connectivity index is 1.39. The van der Waals surface area contributed by atoms with Crippen molar-refractivity contribution in [3.8, 4) is 11.4 Å². The Morgan fingerprint density at radius 1 is 1.07 bits per heavy atom. The van der Waals surface area contributed by atoms with Crippen LogP contribution in [0.25, 0.3) is 11.4 Å². The predicted octanol–water partition coefficient (Wildman–Crippen LogP) is 2.89. The summed E-state index contributed by atoms with van der Waals surface area (Å²) in [5.74, 6) is 1.74. The first-order valence-corrected chi connectivity index (χ1v) is 11.3. The van der Waals surface area contributed by atoms with Gasteiger partial charge in [0.15, 0.2) is 10.6 Å². The maximum absolute atomic E-state index is 5.78. The zero-order valence-electron chi connectivity index (χ0n) is 17.4. The largest absolute Gasteiger partial charge is 0.379 e. The SMILES string of the molecule is CCCn1c(-c2ccncc2)nn(CN2CCC(CN3CCOCC3)CC2)c1=S. The lowest BCUT2D eigenvalue weighted by Gasteiger charge is -2.35. The molecule has 158 valence electrons. The molecule has 7 nitrogen and oxygen atoms in total. The molecule has 0 aliphatic carbocycles. The molecule has 0 unspecified atom stereocenters. The van der Waals surface area contributed by atoms with E-state index in [1.807, 2.05) is 29.2 Å². The van der Waals surface area contributed by atoms with Crippen LogP contribution in [0.5, 0.6) is 0 Å². The second-order valence-electron chi connectivity index (χ2n) is 8.11. The van der Waals surface area contributed by atoms with E-state index in [0.29, 0.717) is 0 Å². The van der Waals surface area contributed by atoms with Gasteiger partial charge in [-0.15, -0.1) is 0 Å². The molecule has 2 aromatic heterocycles. The number of rotatable bonds is 7. The highest BCUT2D eigenvalue weighted by Gasteiger charge is 2.23. The molecule has 2 aliphatic heterocycles. The van der Waals surface area contributed by atoms with Crippen LogP contribution in [0.3, 0.4) is 0 Å². The number of pyridine rings is 1. The molecule has 29 heavy (non-hydrogen) atoms. The van der Waals surface area contributed by atoms with Crippen molar-refractivity contribution in [3.63, 3.8) is 0 Å². The number of piperidine rings is 1. The first-order chi connectivity index (χ1) is 14.2. The fourth-order valence-electron chi connectivity index (χ4n) is 4.32. The zero-order valence-corrected chi connectivity index (χ0v) is 18.2.